The summed E-state index contributed by atoms with van der Waals surface area (Å²) in [5, 5.41) is 0. The van der Waals surface area contributed by atoms with E-state index >= 15 is 0 Å². The quantitative estimate of drug-likeness (QED) is 0.670. The van der Waals surface area contributed by atoms with Gasteiger partial charge in [-0.1, -0.05) is 0 Å². The van der Waals surface area contributed by atoms with Crippen molar-refractivity contribution in [3.05, 3.63) is 17.7 Å². The molecule has 2 nitrogen and oxygen atoms in total. The Morgan fingerprint density at radius 3 is 2.70 bits per heavy atom. The van der Waals surface area contributed by atoms with Gasteiger partial charge in [0.1, 0.15) is 11.5 Å². The lowest BCUT2D eigenvalue weighted by Crippen LogP contribution is -1.84. The molecule has 0 fully saturated rings. The van der Waals surface area contributed by atoms with E-state index in [2.05, 4.69) is 9.97 Å². The zero-order chi connectivity index (χ0) is 7.56. The summed E-state index contributed by atoms with van der Waals surface area (Å²) >= 11 is 5.31. The van der Waals surface area contributed by atoms with E-state index in [4.69, 9.17) is 11.6 Å². The van der Waals surface area contributed by atoms with Crippen LogP contribution in [0, 0.1) is 0 Å². The molecule has 0 radical (unpaired) electrons. The lowest BCUT2D eigenvalue weighted by Gasteiger charge is -1.89. The molecule has 1 rings (SSSR count). The lowest BCUT2D eigenvalue weighted by atomic mass is 10.5. The molecule has 1 N–H and O–H groups in total. The monoisotopic (exact) mass is 166 g/mol. The van der Waals surface area contributed by atoms with E-state index in [9.17, 15) is 8.78 Å². The van der Waals surface area contributed by atoms with Crippen molar-refractivity contribution in [2.45, 2.75) is 12.3 Å². The van der Waals surface area contributed by atoms with E-state index in [1.165, 1.54) is 0 Å². The SMILES string of the molecule is FC(F)c1cnc(CCl)[nH]1. The fourth-order valence-corrected chi connectivity index (χ4v) is 0.693. The largest absolute Gasteiger partial charge is 0.340 e. The maximum Gasteiger partial charge on any atom is 0.279 e. The van der Waals surface area contributed by atoms with Crippen LogP contribution in [0.4, 0.5) is 8.78 Å². The van der Waals surface area contributed by atoms with Crippen LogP contribution in [-0.2, 0) is 5.88 Å². The fraction of sp³-hybridized carbons (Fsp3) is 0.400. The summed E-state index contributed by atoms with van der Waals surface area (Å²) in [6.07, 6.45) is -1.41. The molecule has 0 unspecified atom stereocenters. The fourth-order valence-electron chi connectivity index (χ4n) is 0.557. The summed E-state index contributed by atoms with van der Waals surface area (Å²) in [5.41, 5.74) is -0.185. The van der Waals surface area contributed by atoms with Gasteiger partial charge in [-0.3, -0.25) is 0 Å². The normalized spacial score (nSPS) is 10.8. The molecule has 0 spiro atoms. The van der Waals surface area contributed by atoms with Crippen LogP contribution in [0.2, 0.25) is 0 Å². The average Bonchev–Trinajstić information content (AvgIpc) is 2.34. The van der Waals surface area contributed by atoms with Crippen LogP contribution in [-0.4, -0.2) is 9.97 Å². The van der Waals surface area contributed by atoms with Crippen LogP contribution in [0.5, 0.6) is 0 Å². The minimum absolute atomic E-state index is 0.132. The molecule has 0 saturated heterocycles. The molecule has 1 aromatic heterocycles. The van der Waals surface area contributed by atoms with Crippen molar-refractivity contribution in [2.75, 3.05) is 0 Å². The van der Waals surface area contributed by atoms with Gasteiger partial charge in [-0.25, -0.2) is 13.8 Å². The number of imidazole rings is 1. The highest BCUT2D eigenvalue weighted by atomic mass is 35.5. The zero-order valence-electron chi connectivity index (χ0n) is 4.94. The summed E-state index contributed by atoms with van der Waals surface area (Å²) in [6, 6.07) is 0. The van der Waals surface area contributed by atoms with E-state index in [1.54, 1.807) is 0 Å². The zero-order valence-corrected chi connectivity index (χ0v) is 5.70. The Morgan fingerprint density at radius 2 is 2.40 bits per heavy atom. The Morgan fingerprint density at radius 1 is 1.70 bits per heavy atom. The van der Waals surface area contributed by atoms with Gasteiger partial charge in [-0.15, -0.1) is 11.6 Å². The summed E-state index contributed by atoms with van der Waals surface area (Å²) < 4.78 is 23.6. The van der Waals surface area contributed by atoms with Gasteiger partial charge >= 0.3 is 0 Å². The van der Waals surface area contributed by atoms with Crippen LogP contribution < -0.4 is 0 Å². The third-order valence-corrected chi connectivity index (χ3v) is 1.26. The minimum Gasteiger partial charge on any atom is -0.340 e. The average molecular weight is 167 g/mol. The molecule has 0 aromatic carbocycles. The molecule has 0 aliphatic heterocycles. The Bertz CT molecular complexity index is 211. The van der Waals surface area contributed by atoms with Crippen molar-refractivity contribution in [1.82, 2.24) is 9.97 Å². The maximum absolute atomic E-state index is 11.8. The third kappa shape index (κ3) is 1.44. The van der Waals surface area contributed by atoms with Gasteiger partial charge in [-0.2, -0.15) is 0 Å². The van der Waals surface area contributed by atoms with E-state index in [1.807, 2.05) is 0 Å². The van der Waals surface area contributed by atoms with Gasteiger partial charge in [0.2, 0.25) is 0 Å². The Labute approximate surface area is 61.2 Å². The third-order valence-electron chi connectivity index (χ3n) is 1.01. The van der Waals surface area contributed by atoms with Crippen LogP contribution in [0.15, 0.2) is 6.20 Å². The second-order valence-electron chi connectivity index (χ2n) is 1.72. The highest BCUT2D eigenvalue weighted by Gasteiger charge is 2.09. The highest BCUT2D eigenvalue weighted by Crippen LogP contribution is 2.15. The molecular formula is C5H5ClF2N2. The second kappa shape index (κ2) is 2.96. The van der Waals surface area contributed by atoms with Crippen molar-refractivity contribution >= 4 is 11.6 Å². The Balaban J connectivity index is 2.78. The van der Waals surface area contributed by atoms with E-state index < -0.39 is 6.43 Å². The summed E-state index contributed by atoms with van der Waals surface area (Å²) in [6.45, 7) is 0. The molecule has 0 aliphatic carbocycles. The Hall–Kier alpha value is -0.640. The van der Waals surface area contributed by atoms with Gasteiger partial charge < -0.3 is 4.98 Å². The molecule has 1 aromatic rings. The Kier molecular flexibility index (Phi) is 2.21. The van der Waals surface area contributed by atoms with E-state index in [-0.39, 0.29) is 11.6 Å². The standard InChI is InChI=1S/C5H5ClF2N2/c6-1-4-9-2-3(10-4)5(7)8/h2,5H,1H2,(H,9,10). The molecule has 56 valence electrons. The molecule has 0 amide bonds. The number of hydrogen-bond acceptors (Lipinski definition) is 1. The number of nitrogens with zero attached hydrogens (tertiary/aromatic N) is 1. The van der Waals surface area contributed by atoms with Crippen molar-refractivity contribution in [1.29, 1.82) is 0 Å². The number of aromatic nitrogens is 2. The summed E-state index contributed by atoms with van der Waals surface area (Å²) in [7, 11) is 0. The van der Waals surface area contributed by atoms with Crippen molar-refractivity contribution < 1.29 is 8.78 Å². The van der Waals surface area contributed by atoms with Gasteiger partial charge in [-0.05, 0) is 0 Å². The number of H-pyrrole nitrogens is 1. The molecular weight excluding hydrogens is 162 g/mol. The molecule has 10 heavy (non-hydrogen) atoms. The number of nitrogens with one attached hydrogen (secondary N) is 1. The first-order valence-corrected chi connectivity index (χ1v) is 3.15. The van der Waals surface area contributed by atoms with Gasteiger partial charge in [0, 0.05) is 0 Å². The van der Waals surface area contributed by atoms with Crippen LogP contribution in [0.3, 0.4) is 0 Å². The highest BCUT2D eigenvalue weighted by molar-refractivity contribution is 6.16. The van der Waals surface area contributed by atoms with Crippen LogP contribution >= 0.6 is 11.6 Å². The molecule has 0 bridgehead atoms. The molecule has 0 aliphatic rings. The summed E-state index contributed by atoms with van der Waals surface area (Å²) in [5.74, 6) is 0.504. The molecule has 0 atom stereocenters. The molecule has 1 heterocycles. The topological polar surface area (TPSA) is 28.7 Å². The van der Waals surface area contributed by atoms with Crippen LogP contribution in [0.1, 0.15) is 17.9 Å². The second-order valence-corrected chi connectivity index (χ2v) is 1.99. The lowest BCUT2D eigenvalue weighted by molar-refractivity contribution is 0.146. The van der Waals surface area contributed by atoms with E-state index in [0.717, 1.165) is 6.20 Å². The van der Waals surface area contributed by atoms with Gasteiger partial charge in [0.15, 0.2) is 0 Å². The van der Waals surface area contributed by atoms with Gasteiger partial charge in [0.25, 0.3) is 6.43 Å². The van der Waals surface area contributed by atoms with E-state index in [0.29, 0.717) is 5.82 Å². The summed E-state index contributed by atoms with van der Waals surface area (Å²) in [4.78, 5) is 5.96. The number of hydrogen-bond donors (Lipinski definition) is 1. The van der Waals surface area contributed by atoms with Crippen molar-refractivity contribution in [3.8, 4) is 0 Å². The first kappa shape index (κ1) is 7.47. The number of halogens is 3. The predicted octanol–water partition coefficient (Wildman–Crippen LogP) is 2.09. The van der Waals surface area contributed by atoms with Crippen molar-refractivity contribution in [2.24, 2.45) is 0 Å². The first-order chi connectivity index (χ1) is 4.74. The smallest absolute Gasteiger partial charge is 0.279 e. The van der Waals surface area contributed by atoms with Gasteiger partial charge in [0.05, 0.1) is 12.1 Å². The van der Waals surface area contributed by atoms with Crippen molar-refractivity contribution in [3.63, 3.8) is 0 Å². The molecule has 5 heteroatoms. The molecule has 0 saturated carbocycles. The minimum atomic E-state index is -2.50. The number of rotatable bonds is 2. The maximum atomic E-state index is 11.8. The number of aromatic amines is 1. The number of alkyl halides is 3. The first-order valence-electron chi connectivity index (χ1n) is 2.62. The predicted molar refractivity (Wildman–Crippen MR) is 33.1 cm³/mol. The van der Waals surface area contributed by atoms with Crippen LogP contribution in [0.25, 0.3) is 0 Å².